The molecule has 252 valence electrons. The van der Waals surface area contributed by atoms with Crippen molar-refractivity contribution in [1.29, 1.82) is 0 Å². The van der Waals surface area contributed by atoms with Crippen LogP contribution in [0.3, 0.4) is 0 Å². The zero-order chi connectivity index (χ0) is 35.5. The SMILES string of the molecule is CC1(C)c2cc(N(c3ccc4ccccc4c3)c3ccccn3)ccc2-c2c1cc(N(c1ccc3ccccc3c1)c1ccccn1)c1ccccc21. The van der Waals surface area contributed by atoms with E-state index in [4.69, 9.17) is 9.97 Å². The number of anilines is 6. The van der Waals surface area contributed by atoms with Gasteiger partial charge in [-0.1, -0.05) is 117 Å². The fourth-order valence-electron chi connectivity index (χ4n) is 8.29. The van der Waals surface area contributed by atoms with Gasteiger partial charge in [-0.25, -0.2) is 9.97 Å². The van der Waals surface area contributed by atoms with E-state index in [1.54, 1.807) is 0 Å². The van der Waals surface area contributed by atoms with Crippen LogP contribution in [0.15, 0.2) is 182 Å². The average Bonchev–Trinajstić information content (AvgIpc) is 3.44. The topological polar surface area (TPSA) is 32.3 Å². The lowest BCUT2D eigenvalue weighted by Crippen LogP contribution is -2.18. The molecule has 2 heterocycles. The normalized spacial score (nSPS) is 12.9. The van der Waals surface area contributed by atoms with E-state index in [9.17, 15) is 0 Å². The molecular formula is C49H36N4. The fourth-order valence-corrected chi connectivity index (χ4v) is 8.29. The van der Waals surface area contributed by atoms with Crippen LogP contribution < -0.4 is 9.80 Å². The van der Waals surface area contributed by atoms with Crippen molar-refractivity contribution in [3.05, 3.63) is 193 Å². The predicted molar refractivity (Wildman–Crippen MR) is 221 cm³/mol. The molecule has 0 bridgehead atoms. The highest BCUT2D eigenvalue weighted by Gasteiger charge is 2.38. The first-order valence-corrected chi connectivity index (χ1v) is 18.2. The summed E-state index contributed by atoms with van der Waals surface area (Å²) in [5.41, 5.74) is 9.21. The zero-order valence-corrected chi connectivity index (χ0v) is 29.6. The molecular weight excluding hydrogens is 645 g/mol. The van der Waals surface area contributed by atoms with Gasteiger partial charge in [-0.2, -0.15) is 0 Å². The molecule has 1 aliphatic carbocycles. The molecule has 1 aliphatic rings. The van der Waals surface area contributed by atoms with E-state index >= 15 is 0 Å². The van der Waals surface area contributed by atoms with Crippen LogP contribution in [-0.2, 0) is 5.41 Å². The lowest BCUT2D eigenvalue weighted by atomic mass is 9.81. The molecule has 9 aromatic rings. The Hall–Kier alpha value is -6.78. The summed E-state index contributed by atoms with van der Waals surface area (Å²) in [5.74, 6) is 1.76. The Morgan fingerprint density at radius 1 is 0.415 bits per heavy atom. The number of benzene rings is 7. The van der Waals surface area contributed by atoms with E-state index in [-0.39, 0.29) is 5.41 Å². The first-order valence-electron chi connectivity index (χ1n) is 18.2. The van der Waals surface area contributed by atoms with Crippen molar-refractivity contribution in [2.75, 3.05) is 9.80 Å². The zero-order valence-electron chi connectivity index (χ0n) is 29.6. The lowest BCUT2D eigenvalue weighted by Gasteiger charge is -2.29. The summed E-state index contributed by atoms with van der Waals surface area (Å²) >= 11 is 0. The average molecular weight is 681 g/mol. The molecule has 53 heavy (non-hydrogen) atoms. The molecule has 0 saturated heterocycles. The quantitative estimate of drug-likeness (QED) is 0.175. The second kappa shape index (κ2) is 12.2. The number of fused-ring (bicyclic) bond motifs is 7. The Kier molecular flexibility index (Phi) is 7.12. The highest BCUT2D eigenvalue weighted by molar-refractivity contribution is 6.10. The summed E-state index contributed by atoms with van der Waals surface area (Å²) < 4.78 is 0. The molecule has 0 atom stereocenters. The predicted octanol–water partition coefficient (Wildman–Crippen LogP) is 13.2. The van der Waals surface area contributed by atoms with Gasteiger partial charge < -0.3 is 0 Å². The second-order valence-corrected chi connectivity index (χ2v) is 14.3. The van der Waals surface area contributed by atoms with Crippen molar-refractivity contribution in [3.8, 4) is 11.1 Å². The van der Waals surface area contributed by atoms with Gasteiger partial charge in [0.2, 0.25) is 0 Å². The number of hydrogen-bond donors (Lipinski definition) is 0. The van der Waals surface area contributed by atoms with Crippen LogP contribution in [0.2, 0.25) is 0 Å². The van der Waals surface area contributed by atoms with Crippen LogP contribution in [0.4, 0.5) is 34.4 Å². The molecule has 10 rings (SSSR count). The van der Waals surface area contributed by atoms with Gasteiger partial charge in [0.25, 0.3) is 0 Å². The maximum Gasteiger partial charge on any atom is 0.137 e. The largest absolute Gasteiger partial charge is 0.295 e. The third-order valence-electron chi connectivity index (χ3n) is 10.9. The Morgan fingerprint density at radius 3 is 1.55 bits per heavy atom. The molecule has 0 fully saturated rings. The van der Waals surface area contributed by atoms with Crippen LogP contribution in [0.25, 0.3) is 43.4 Å². The van der Waals surface area contributed by atoms with Gasteiger partial charge in [0.1, 0.15) is 11.6 Å². The standard InChI is InChI=1S/C49H36N4/c1-49(2)43-31-39(52(46-19-9-11-27-50-46)37-23-21-33-13-3-5-15-35(33)29-37)25-26-42(43)48-41-18-8-7-17-40(41)45(32-44(48)49)53(47-20-10-12-28-51-47)38-24-22-34-14-4-6-16-36(34)30-38/h3-32H,1-2H3. The first kappa shape index (κ1) is 31.0. The lowest BCUT2D eigenvalue weighted by molar-refractivity contribution is 0.661. The highest BCUT2D eigenvalue weighted by Crippen LogP contribution is 2.55. The number of hydrogen-bond acceptors (Lipinski definition) is 4. The molecule has 0 unspecified atom stereocenters. The molecule has 0 aliphatic heterocycles. The summed E-state index contributed by atoms with van der Waals surface area (Å²) in [5, 5.41) is 7.24. The third-order valence-corrected chi connectivity index (χ3v) is 10.9. The van der Waals surface area contributed by atoms with Crippen molar-refractivity contribution in [2.45, 2.75) is 19.3 Å². The summed E-state index contributed by atoms with van der Waals surface area (Å²) in [7, 11) is 0. The van der Waals surface area contributed by atoms with Crippen LogP contribution in [0.5, 0.6) is 0 Å². The highest BCUT2D eigenvalue weighted by atomic mass is 15.2. The number of rotatable bonds is 6. The molecule has 0 spiro atoms. The summed E-state index contributed by atoms with van der Waals surface area (Å²) in [6, 6.07) is 60.9. The monoisotopic (exact) mass is 680 g/mol. The van der Waals surface area contributed by atoms with E-state index in [2.05, 4.69) is 181 Å². The van der Waals surface area contributed by atoms with Gasteiger partial charge in [0.15, 0.2) is 0 Å². The molecule has 4 heteroatoms. The van der Waals surface area contributed by atoms with E-state index in [0.717, 1.165) is 34.4 Å². The molecule has 0 saturated carbocycles. The fraction of sp³-hybridized carbons (Fsp3) is 0.0612. The van der Waals surface area contributed by atoms with Gasteiger partial charge in [0.05, 0.1) is 5.69 Å². The van der Waals surface area contributed by atoms with E-state index < -0.39 is 0 Å². The van der Waals surface area contributed by atoms with Gasteiger partial charge >= 0.3 is 0 Å². The van der Waals surface area contributed by atoms with E-state index in [1.807, 2.05) is 24.5 Å². The molecule has 0 N–H and O–H groups in total. The molecule has 4 nitrogen and oxygen atoms in total. The van der Waals surface area contributed by atoms with Crippen molar-refractivity contribution in [3.63, 3.8) is 0 Å². The maximum atomic E-state index is 4.91. The molecule has 2 aromatic heterocycles. The molecule has 0 amide bonds. The van der Waals surface area contributed by atoms with Crippen LogP contribution >= 0.6 is 0 Å². The van der Waals surface area contributed by atoms with Crippen molar-refractivity contribution >= 4 is 66.7 Å². The van der Waals surface area contributed by atoms with Gasteiger partial charge in [-0.15, -0.1) is 0 Å². The van der Waals surface area contributed by atoms with Crippen molar-refractivity contribution < 1.29 is 0 Å². The first-order chi connectivity index (χ1) is 26.0. The smallest absolute Gasteiger partial charge is 0.137 e. The summed E-state index contributed by atoms with van der Waals surface area (Å²) in [4.78, 5) is 14.4. The number of nitrogens with zero attached hydrogens (tertiary/aromatic N) is 4. The molecule has 0 radical (unpaired) electrons. The maximum absolute atomic E-state index is 4.91. The van der Waals surface area contributed by atoms with Crippen LogP contribution in [0.1, 0.15) is 25.0 Å². The Morgan fingerprint density at radius 2 is 0.925 bits per heavy atom. The Bertz CT molecular complexity index is 2830. The van der Waals surface area contributed by atoms with E-state index in [1.165, 1.54) is 54.6 Å². The number of pyridine rings is 2. The van der Waals surface area contributed by atoms with Gasteiger partial charge in [0, 0.05) is 40.3 Å². The van der Waals surface area contributed by atoms with E-state index in [0.29, 0.717) is 0 Å². The minimum atomic E-state index is -0.294. The van der Waals surface area contributed by atoms with Gasteiger partial charge in [-0.3, -0.25) is 9.80 Å². The third kappa shape index (κ3) is 5.06. The summed E-state index contributed by atoms with van der Waals surface area (Å²) in [6.45, 7) is 4.73. The van der Waals surface area contributed by atoms with Crippen LogP contribution in [-0.4, -0.2) is 9.97 Å². The Balaban J connectivity index is 1.17. The van der Waals surface area contributed by atoms with Crippen molar-refractivity contribution in [2.24, 2.45) is 0 Å². The molecule has 7 aromatic carbocycles. The Labute approximate surface area is 309 Å². The van der Waals surface area contributed by atoms with Gasteiger partial charge in [-0.05, 0) is 116 Å². The minimum Gasteiger partial charge on any atom is -0.295 e. The minimum absolute atomic E-state index is 0.294. The second-order valence-electron chi connectivity index (χ2n) is 14.3. The van der Waals surface area contributed by atoms with Crippen LogP contribution in [0, 0.1) is 0 Å². The number of aromatic nitrogens is 2. The summed E-state index contributed by atoms with van der Waals surface area (Å²) in [6.07, 6.45) is 3.75. The van der Waals surface area contributed by atoms with Crippen molar-refractivity contribution in [1.82, 2.24) is 9.97 Å².